The molecule has 0 saturated heterocycles. The van der Waals surface area contributed by atoms with Crippen molar-refractivity contribution >= 4 is 47.4 Å². The van der Waals surface area contributed by atoms with Crippen LogP contribution in [-0.2, 0) is 30.4 Å². The Balaban J connectivity index is 3.03. The highest BCUT2D eigenvalue weighted by Crippen LogP contribution is 2.07. The second-order valence-electron chi connectivity index (χ2n) is 8.57. The summed E-state index contributed by atoms with van der Waals surface area (Å²) < 4.78 is 0. The fraction of sp³-hybridized carbons (Fsp3) is 0.591. The molecule has 1 rings (SSSR count). The predicted molar refractivity (Wildman–Crippen MR) is 143 cm³/mol. The molecule has 1 aromatic rings. The fourth-order valence-corrected chi connectivity index (χ4v) is 3.81. The molecular weight excluding hydrogens is 534 g/mol. The first kappa shape index (κ1) is 33.2. The first-order chi connectivity index (χ1) is 18.4. The van der Waals surface area contributed by atoms with Gasteiger partial charge in [-0.25, -0.2) is 9.78 Å². The van der Waals surface area contributed by atoms with Gasteiger partial charge in [-0.3, -0.25) is 24.2 Å². The zero-order chi connectivity index (χ0) is 29.4. The fourth-order valence-electron chi connectivity index (χ4n) is 3.32. The third-order valence-electron chi connectivity index (χ3n) is 5.42. The molecule has 12 N–H and O–H groups in total. The van der Waals surface area contributed by atoms with Crippen molar-refractivity contribution in [2.45, 2.75) is 62.7 Å². The molecule has 0 aromatic carbocycles. The molecule has 0 bridgehead atoms. The summed E-state index contributed by atoms with van der Waals surface area (Å²) in [5.41, 5.74) is 16.9. The van der Waals surface area contributed by atoms with E-state index < -0.39 is 60.2 Å². The summed E-state index contributed by atoms with van der Waals surface area (Å²) in [6.07, 6.45) is 4.44. The lowest BCUT2D eigenvalue weighted by atomic mass is 10.1. The van der Waals surface area contributed by atoms with Crippen molar-refractivity contribution in [1.29, 1.82) is 0 Å². The number of carboxylic acid groups (broad SMARTS) is 2. The SMILES string of the molecule is CSCCC(N)C(=O)NC(Cc1cnc[nH]1)C(=O)NC(CCC(=O)O)C(=O)NC(CCCN=C(N)N)C(=O)O. The van der Waals surface area contributed by atoms with Crippen LogP contribution in [0.25, 0.3) is 0 Å². The molecule has 1 heterocycles. The van der Waals surface area contributed by atoms with E-state index in [1.54, 1.807) is 0 Å². The molecule has 0 fully saturated rings. The number of H-pyrrole nitrogens is 1. The van der Waals surface area contributed by atoms with Crippen LogP contribution < -0.4 is 33.2 Å². The van der Waals surface area contributed by atoms with Crippen molar-refractivity contribution in [1.82, 2.24) is 25.9 Å². The predicted octanol–water partition coefficient (Wildman–Crippen LogP) is -2.51. The lowest BCUT2D eigenvalue weighted by Crippen LogP contribution is -2.57. The summed E-state index contributed by atoms with van der Waals surface area (Å²) in [5, 5.41) is 25.9. The van der Waals surface area contributed by atoms with Crippen LogP contribution in [0, 0.1) is 0 Å². The van der Waals surface area contributed by atoms with E-state index in [4.69, 9.17) is 22.3 Å². The molecule has 218 valence electrons. The number of carbonyl (C=O) groups is 5. The van der Waals surface area contributed by atoms with E-state index in [9.17, 15) is 29.1 Å². The topological polar surface area (TPSA) is 281 Å². The normalized spacial score (nSPS) is 13.8. The van der Waals surface area contributed by atoms with E-state index in [2.05, 4.69) is 30.9 Å². The Morgan fingerprint density at radius 1 is 1.00 bits per heavy atom. The number of carboxylic acids is 2. The van der Waals surface area contributed by atoms with Crippen molar-refractivity contribution < 1.29 is 34.2 Å². The van der Waals surface area contributed by atoms with E-state index >= 15 is 0 Å². The molecule has 39 heavy (non-hydrogen) atoms. The zero-order valence-electron chi connectivity index (χ0n) is 21.6. The van der Waals surface area contributed by atoms with Crippen LogP contribution in [0.15, 0.2) is 17.5 Å². The van der Waals surface area contributed by atoms with Crippen LogP contribution in [0.4, 0.5) is 0 Å². The largest absolute Gasteiger partial charge is 0.481 e. The van der Waals surface area contributed by atoms with Gasteiger partial charge in [0.2, 0.25) is 17.7 Å². The molecule has 0 aliphatic heterocycles. The number of carbonyl (C=O) groups excluding carboxylic acids is 3. The van der Waals surface area contributed by atoms with Gasteiger partial charge < -0.3 is 48.3 Å². The summed E-state index contributed by atoms with van der Waals surface area (Å²) in [7, 11) is 0. The summed E-state index contributed by atoms with van der Waals surface area (Å²) in [6.45, 7) is 0.134. The average molecular weight is 572 g/mol. The first-order valence-corrected chi connectivity index (χ1v) is 13.5. The minimum atomic E-state index is -1.40. The highest BCUT2D eigenvalue weighted by Gasteiger charge is 2.31. The van der Waals surface area contributed by atoms with Gasteiger partial charge in [0, 0.05) is 31.3 Å². The number of amides is 3. The zero-order valence-corrected chi connectivity index (χ0v) is 22.4. The van der Waals surface area contributed by atoms with Crippen LogP contribution >= 0.6 is 11.8 Å². The van der Waals surface area contributed by atoms with Crippen molar-refractivity contribution in [2.75, 3.05) is 18.6 Å². The lowest BCUT2D eigenvalue weighted by molar-refractivity contribution is -0.143. The number of nitrogens with two attached hydrogens (primary N) is 3. The number of aromatic nitrogens is 2. The maximum absolute atomic E-state index is 13.2. The van der Waals surface area contributed by atoms with Gasteiger partial charge in [0.1, 0.15) is 18.1 Å². The van der Waals surface area contributed by atoms with Crippen molar-refractivity contribution in [3.8, 4) is 0 Å². The van der Waals surface area contributed by atoms with Crippen LogP contribution in [0.2, 0.25) is 0 Å². The molecule has 0 radical (unpaired) electrons. The number of thioether (sulfide) groups is 1. The average Bonchev–Trinajstić information content (AvgIpc) is 3.38. The van der Waals surface area contributed by atoms with E-state index in [1.807, 2.05) is 6.26 Å². The molecule has 0 aliphatic rings. The molecule has 17 heteroatoms. The molecule has 0 aliphatic carbocycles. The Morgan fingerprint density at radius 2 is 1.64 bits per heavy atom. The van der Waals surface area contributed by atoms with E-state index in [0.29, 0.717) is 17.9 Å². The summed E-state index contributed by atoms with van der Waals surface area (Å²) in [6, 6.07) is -4.81. The van der Waals surface area contributed by atoms with Crippen LogP contribution in [0.1, 0.15) is 37.8 Å². The number of nitrogens with one attached hydrogen (secondary N) is 4. The summed E-state index contributed by atoms with van der Waals surface area (Å²) >= 11 is 1.51. The number of aliphatic imine (C=N–C) groups is 1. The number of aromatic amines is 1. The standard InChI is InChI=1S/C22H37N9O7S/c1-39-8-6-13(23)18(34)31-16(9-12-10-26-11-28-12)20(36)29-14(4-5-17(32)33)19(35)30-15(21(37)38)3-2-7-27-22(24)25/h10-11,13-16H,2-9,23H2,1H3,(H,26,28)(H,29,36)(H,30,35)(H,31,34)(H,32,33)(H,37,38)(H4,24,25,27). The van der Waals surface area contributed by atoms with Gasteiger partial charge in [0.25, 0.3) is 0 Å². The number of hydrogen-bond acceptors (Lipinski definition) is 9. The Morgan fingerprint density at radius 3 is 2.21 bits per heavy atom. The second kappa shape index (κ2) is 17.6. The summed E-state index contributed by atoms with van der Waals surface area (Å²) in [5.74, 6) is -4.37. The van der Waals surface area contributed by atoms with Crippen molar-refractivity contribution in [2.24, 2.45) is 22.2 Å². The third kappa shape index (κ3) is 13.5. The highest BCUT2D eigenvalue weighted by atomic mass is 32.2. The maximum atomic E-state index is 13.2. The van der Waals surface area contributed by atoms with Gasteiger partial charge in [-0.05, 0) is 37.7 Å². The number of guanidine groups is 1. The van der Waals surface area contributed by atoms with Gasteiger partial charge >= 0.3 is 11.9 Å². The van der Waals surface area contributed by atoms with Crippen LogP contribution in [-0.4, -0.2) is 98.5 Å². The second-order valence-corrected chi connectivity index (χ2v) is 9.56. The Labute approximate surface area is 229 Å². The van der Waals surface area contributed by atoms with Gasteiger partial charge in [-0.1, -0.05) is 0 Å². The van der Waals surface area contributed by atoms with Gasteiger partial charge in [0.15, 0.2) is 5.96 Å². The highest BCUT2D eigenvalue weighted by molar-refractivity contribution is 7.98. The van der Waals surface area contributed by atoms with Gasteiger partial charge in [-0.15, -0.1) is 0 Å². The van der Waals surface area contributed by atoms with E-state index in [0.717, 1.165) is 0 Å². The molecular formula is C22H37N9O7S. The molecule has 3 amide bonds. The molecule has 16 nitrogen and oxygen atoms in total. The Hall–Kier alpha value is -3.86. The monoisotopic (exact) mass is 571 g/mol. The Kier molecular flexibility index (Phi) is 15.0. The minimum absolute atomic E-state index is 0.0239. The van der Waals surface area contributed by atoms with Crippen LogP contribution in [0.3, 0.4) is 0 Å². The quantitative estimate of drug-likeness (QED) is 0.0473. The van der Waals surface area contributed by atoms with Crippen molar-refractivity contribution in [3.63, 3.8) is 0 Å². The third-order valence-corrected chi connectivity index (χ3v) is 6.07. The first-order valence-electron chi connectivity index (χ1n) is 12.1. The van der Waals surface area contributed by atoms with E-state index in [1.165, 1.54) is 24.3 Å². The number of nitrogens with zero attached hydrogens (tertiary/aromatic N) is 2. The number of aliphatic carboxylic acids is 2. The molecule has 0 saturated carbocycles. The number of rotatable bonds is 19. The maximum Gasteiger partial charge on any atom is 0.326 e. The minimum Gasteiger partial charge on any atom is -0.481 e. The lowest BCUT2D eigenvalue weighted by Gasteiger charge is -2.25. The molecule has 4 unspecified atom stereocenters. The number of hydrogen-bond donors (Lipinski definition) is 9. The van der Waals surface area contributed by atoms with Gasteiger partial charge in [0.05, 0.1) is 12.4 Å². The molecule has 1 aromatic heterocycles. The van der Waals surface area contributed by atoms with Gasteiger partial charge in [-0.2, -0.15) is 11.8 Å². The summed E-state index contributed by atoms with van der Waals surface area (Å²) in [4.78, 5) is 72.1. The van der Waals surface area contributed by atoms with Crippen LogP contribution in [0.5, 0.6) is 0 Å². The Bertz CT molecular complexity index is 987. The van der Waals surface area contributed by atoms with E-state index in [-0.39, 0.29) is 38.2 Å². The smallest absolute Gasteiger partial charge is 0.326 e. The number of imidazole rings is 1. The molecule has 0 spiro atoms. The molecule has 4 atom stereocenters. The van der Waals surface area contributed by atoms with Crippen molar-refractivity contribution in [3.05, 3.63) is 18.2 Å².